The van der Waals surface area contributed by atoms with E-state index in [1.165, 1.54) is 21.8 Å². The molecule has 0 saturated carbocycles. The molecule has 0 bridgehead atoms. The van der Waals surface area contributed by atoms with Gasteiger partial charge >= 0.3 is 0 Å². The number of nitrogens with zero attached hydrogens (tertiary/aromatic N) is 1. The lowest BCUT2D eigenvalue weighted by Crippen LogP contribution is -2.30. The van der Waals surface area contributed by atoms with Crippen LogP contribution < -0.4 is 10.6 Å². The highest BCUT2D eigenvalue weighted by molar-refractivity contribution is 7.80. The molecule has 1 heterocycles. The van der Waals surface area contributed by atoms with Gasteiger partial charge in [-0.05, 0) is 53.9 Å². The molecule has 106 valence electrons. The Kier molecular flexibility index (Phi) is 4.43. The van der Waals surface area contributed by atoms with Crippen LogP contribution in [0.4, 0.5) is 5.69 Å². The smallest absolute Gasteiger partial charge is 0.170 e. The second-order valence-electron chi connectivity index (χ2n) is 4.69. The molecule has 3 aromatic rings. The SMILES string of the molecule is S=C(NCCc1ccccc1)Nc1ccc2sncc2c1. The van der Waals surface area contributed by atoms with Crippen LogP contribution in [-0.4, -0.2) is 16.0 Å². The minimum absolute atomic E-state index is 0.647. The van der Waals surface area contributed by atoms with Crippen LogP contribution in [0.25, 0.3) is 10.1 Å². The fourth-order valence-electron chi connectivity index (χ4n) is 2.09. The highest BCUT2D eigenvalue weighted by Crippen LogP contribution is 2.21. The van der Waals surface area contributed by atoms with Crippen LogP contribution in [0.1, 0.15) is 5.56 Å². The molecule has 0 saturated heterocycles. The Balaban J connectivity index is 1.51. The Morgan fingerprint density at radius 1 is 1.14 bits per heavy atom. The van der Waals surface area contributed by atoms with Crippen molar-refractivity contribution in [3.8, 4) is 0 Å². The number of fused-ring (bicyclic) bond motifs is 1. The van der Waals surface area contributed by atoms with Gasteiger partial charge in [0.15, 0.2) is 5.11 Å². The molecule has 3 rings (SSSR count). The van der Waals surface area contributed by atoms with E-state index in [2.05, 4.69) is 51.4 Å². The van der Waals surface area contributed by atoms with Gasteiger partial charge in [0.1, 0.15) is 0 Å². The molecule has 0 spiro atoms. The predicted octanol–water partition coefficient (Wildman–Crippen LogP) is 3.83. The number of aromatic nitrogens is 1. The maximum Gasteiger partial charge on any atom is 0.170 e. The van der Waals surface area contributed by atoms with Crippen molar-refractivity contribution in [1.29, 1.82) is 0 Å². The minimum atomic E-state index is 0.647. The Morgan fingerprint density at radius 2 is 2.00 bits per heavy atom. The van der Waals surface area contributed by atoms with Crippen molar-refractivity contribution < 1.29 is 0 Å². The topological polar surface area (TPSA) is 37.0 Å². The van der Waals surface area contributed by atoms with Crippen LogP contribution >= 0.6 is 23.8 Å². The van der Waals surface area contributed by atoms with Crippen LogP contribution in [0.3, 0.4) is 0 Å². The van der Waals surface area contributed by atoms with E-state index in [9.17, 15) is 0 Å². The van der Waals surface area contributed by atoms with E-state index >= 15 is 0 Å². The molecule has 0 atom stereocenters. The van der Waals surface area contributed by atoms with Crippen molar-refractivity contribution in [3.05, 3.63) is 60.3 Å². The Hall–Kier alpha value is -1.98. The van der Waals surface area contributed by atoms with Gasteiger partial charge in [-0.2, -0.15) is 4.37 Å². The third kappa shape index (κ3) is 3.77. The first-order valence-corrected chi connectivity index (χ1v) is 7.93. The molecule has 0 aliphatic rings. The van der Waals surface area contributed by atoms with Crippen molar-refractivity contribution in [3.63, 3.8) is 0 Å². The Bertz CT molecular complexity index is 737. The average Bonchev–Trinajstić information content (AvgIpc) is 2.96. The van der Waals surface area contributed by atoms with E-state index in [-0.39, 0.29) is 0 Å². The molecule has 3 nitrogen and oxygen atoms in total. The summed E-state index contributed by atoms with van der Waals surface area (Å²) in [4.78, 5) is 0. The maximum atomic E-state index is 5.32. The Labute approximate surface area is 133 Å². The zero-order valence-corrected chi connectivity index (χ0v) is 13.0. The number of nitrogens with one attached hydrogen (secondary N) is 2. The molecule has 0 radical (unpaired) electrons. The van der Waals surface area contributed by atoms with E-state index in [4.69, 9.17) is 12.2 Å². The van der Waals surface area contributed by atoms with Crippen molar-refractivity contribution in [2.75, 3.05) is 11.9 Å². The van der Waals surface area contributed by atoms with Gasteiger partial charge in [-0.1, -0.05) is 30.3 Å². The van der Waals surface area contributed by atoms with Gasteiger partial charge in [-0.3, -0.25) is 0 Å². The quantitative estimate of drug-likeness (QED) is 0.718. The third-order valence-corrected chi connectivity index (χ3v) is 4.18. The number of thiocarbonyl (C=S) groups is 1. The van der Waals surface area contributed by atoms with Gasteiger partial charge in [0.2, 0.25) is 0 Å². The summed E-state index contributed by atoms with van der Waals surface area (Å²) in [5.41, 5.74) is 2.29. The maximum absolute atomic E-state index is 5.32. The molecule has 0 unspecified atom stereocenters. The number of anilines is 1. The summed E-state index contributed by atoms with van der Waals surface area (Å²) >= 11 is 6.82. The summed E-state index contributed by atoms with van der Waals surface area (Å²) in [6, 6.07) is 16.5. The molecule has 0 fully saturated rings. The van der Waals surface area contributed by atoms with Crippen LogP contribution in [0.2, 0.25) is 0 Å². The fourth-order valence-corrected chi connectivity index (χ4v) is 2.94. The second kappa shape index (κ2) is 6.65. The van der Waals surface area contributed by atoms with Gasteiger partial charge in [0, 0.05) is 23.8 Å². The van der Waals surface area contributed by atoms with Crippen LogP contribution in [0.15, 0.2) is 54.7 Å². The lowest BCUT2D eigenvalue weighted by Gasteiger charge is -2.10. The van der Waals surface area contributed by atoms with Gasteiger partial charge in [0.05, 0.1) is 4.70 Å². The first-order valence-electron chi connectivity index (χ1n) is 6.74. The minimum Gasteiger partial charge on any atom is -0.362 e. The summed E-state index contributed by atoms with van der Waals surface area (Å²) < 4.78 is 5.35. The van der Waals surface area contributed by atoms with E-state index in [1.54, 1.807) is 0 Å². The molecule has 5 heteroatoms. The van der Waals surface area contributed by atoms with Gasteiger partial charge in [-0.15, -0.1) is 0 Å². The second-order valence-corrected chi connectivity index (χ2v) is 5.94. The monoisotopic (exact) mass is 313 g/mol. The standard InChI is InChI=1S/C16H15N3S2/c20-16(17-9-8-12-4-2-1-3-5-12)19-14-6-7-15-13(10-14)11-18-21-15/h1-7,10-11H,8-9H2,(H2,17,19,20). The molecule has 1 aromatic heterocycles. The molecule has 2 aromatic carbocycles. The zero-order valence-electron chi connectivity index (χ0n) is 11.4. The fraction of sp³-hybridized carbons (Fsp3) is 0.125. The van der Waals surface area contributed by atoms with Crippen molar-refractivity contribution in [2.24, 2.45) is 0 Å². The van der Waals surface area contributed by atoms with Crippen molar-refractivity contribution in [2.45, 2.75) is 6.42 Å². The highest BCUT2D eigenvalue weighted by Gasteiger charge is 2.01. The van der Waals surface area contributed by atoms with E-state index in [0.29, 0.717) is 5.11 Å². The zero-order chi connectivity index (χ0) is 14.5. The lowest BCUT2D eigenvalue weighted by atomic mass is 10.1. The summed E-state index contributed by atoms with van der Waals surface area (Å²) in [6.45, 7) is 0.818. The first-order chi connectivity index (χ1) is 10.3. The number of rotatable bonds is 4. The third-order valence-electron chi connectivity index (χ3n) is 3.15. The normalized spacial score (nSPS) is 10.5. The molecular weight excluding hydrogens is 298 g/mol. The van der Waals surface area contributed by atoms with Gasteiger partial charge in [-0.25, -0.2) is 0 Å². The predicted molar refractivity (Wildman–Crippen MR) is 94.0 cm³/mol. The molecule has 2 N–H and O–H groups in total. The number of benzene rings is 2. The van der Waals surface area contributed by atoms with Crippen molar-refractivity contribution >= 4 is 44.6 Å². The summed E-state index contributed by atoms with van der Waals surface area (Å²) in [6.07, 6.45) is 2.83. The van der Waals surface area contributed by atoms with Crippen LogP contribution in [-0.2, 0) is 6.42 Å². The summed E-state index contributed by atoms with van der Waals surface area (Å²) in [7, 11) is 0. The first kappa shape index (κ1) is 14.0. The van der Waals surface area contributed by atoms with Crippen LogP contribution in [0.5, 0.6) is 0 Å². The lowest BCUT2D eigenvalue weighted by molar-refractivity contribution is 0.873. The molecule has 0 aliphatic carbocycles. The van der Waals surface area contributed by atoms with Crippen molar-refractivity contribution in [1.82, 2.24) is 9.69 Å². The van der Waals surface area contributed by atoms with Gasteiger partial charge in [0.25, 0.3) is 0 Å². The summed E-state index contributed by atoms with van der Waals surface area (Å²) in [5, 5.41) is 8.22. The number of hydrogen-bond donors (Lipinski definition) is 2. The number of hydrogen-bond acceptors (Lipinski definition) is 3. The van der Waals surface area contributed by atoms with Crippen LogP contribution in [0, 0.1) is 0 Å². The molecule has 0 amide bonds. The largest absolute Gasteiger partial charge is 0.362 e. The summed E-state index contributed by atoms with van der Waals surface area (Å²) in [5.74, 6) is 0. The molecule has 0 aliphatic heterocycles. The Morgan fingerprint density at radius 3 is 2.86 bits per heavy atom. The molecular formula is C16H15N3S2. The van der Waals surface area contributed by atoms with E-state index in [1.807, 2.05) is 18.3 Å². The average molecular weight is 313 g/mol. The highest BCUT2D eigenvalue weighted by atomic mass is 32.1. The van der Waals surface area contributed by atoms with E-state index in [0.717, 1.165) is 24.0 Å². The van der Waals surface area contributed by atoms with Gasteiger partial charge < -0.3 is 10.6 Å². The van der Waals surface area contributed by atoms with E-state index < -0.39 is 0 Å². The molecule has 21 heavy (non-hydrogen) atoms.